The fourth-order valence-corrected chi connectivity index (χ4v) is 6.24. The van der Waals surface area contributed by atoms with Crippen LogP contribution < -0.4 is 5.32 Å². The predicted octanol–water partition coefficient (Wildman–Crippen LogP) is 5.56. The van der Waals surface area contributed by atoms with Crippen molar-refractivity contribution in [3.8, 4) is 11.6 Å². The van der Waals surface area contributed by atoms with Gasteiger partial charge in [0.2, 0.25) is 11.7 Å². The summed E-state index contributed by atoms with van der Waals surface area (Å²) in [4.78, 5) is 26.5. The molecule has 0 bridgehead atoms. The molecule has 11 heteroatoms. The van der Waals surface area contributed by atoms with Gasteiger partial charge in [-0.05, 0) is 65.7 Å². The van der Waals surface area contributed by atoms with E-state index in [4.69, 9.17) is 9.15 Å². The van der Waals surface area contributed by atoms with Crippen LogP contribution in [0.15, 0.2) is 26.4 Å². The molecule has 3 aromatic rings. The molecule has 8 nitrogen and oxygen atoms in total. The summed E-state index contributed by atoms with van der Waals surface area (Å²) in [6, 6.07) is 3.64. The van der Waals surface area contributed by atoms with E-state index in [0.29, 0.717) is 38.5 Å². The van der Waals surface area contributed by atoms with E-state index in [0.717, 1.165) is 44.1 Å². The number of anilines is 1. The molecule has 0 spiro atoms. The highest BCUT2D eigenvalue weighted by molar-refractivity contribution is 9.10. The number of carbonyl (C=O) groups is 2. The fraction of sp³-hybridized carbons (Fsp3) is 0.455. The standard InChI is InChI=1S/C22H25BrN4O4S2/c1-3-11-27-19(14-9-10-16(23)31-14)25-26-22(27)32-12-17(28)24-20-18(21(29)30-2)13-7-5-4-6-8-15(13)33-20/h9-10H,3-8,11-12H2,1-2H3,(H,24,28). The smallest absolute Gasteiger partial charge is 0.341 e. The number of nitrogens with zero attached hydrogens (tertiary/aromatic N) is 3. The quantitative estimate of drug-likeness (QED) is 0.222. The molecule has 3 aromatic heterocycles. The Morgan fingerprint density at radius 2 is 2.09 bits per heavy atom. The zero-order valence-corrected chi connectivity index (χ0v) is 21.7. The number of methoxy groups -OCH3 is 1. The van der Waals surface area contributed by atoms with Crippen LogP contribution in [0.2, 0.25) is 0 Å². The second-order valence-electron chi connectivity index (χ2n) is 7.66. The van der Waals surface area contributed by atoms with E-state index < -0.39 is 5.97 Å². The van der Waals surface area contributed by atoms with Gasteiger partial charge >= 0.3 is 5.97 Å². The van der Waals surface area contributed by atoms with E-state index in [2.05, 4.69) is 38.4 Å². The molecule has 1 aliphatic carbocycles. The number of hydrogen-bond donors (Lipinski definition) is 1. The topological polar surface area (TPSA) is 99.2 Å². The van der Waals surface area contributed by atoms with E-state index in [9.17, 15) is 9.59 Å². The molecular weight excluding hydrogens is 528 g/mol. The summed E-state index contributed by atoms with van der Waals surface area (Å²) in [5, 5.41) is 12.7. The maximum atomic E-state index is 12.8. The molecule has 0 aromatic carbocycles. The highest BCUT2D eigenvalue weighted by atomic mass is 79.9. The SMILES string of the molecule is CCCn1c(SCC(=O)Nc2sc3c(c2C(=O)OC)CCCCC3)nnc1-c1ccc(Br)o1. The van der Waals surface area contributed by atoms with Crippen LogP contribution in [0.4, 0.5) is 5.00 Å². The van der Waals surface area contributed by atoms with Crippen LogP contribution in [0.1, 0.15) is 53.4 Å². The Kier molecular flexibility index (Phi) is 7.92. The number of rotatable bonds is 8. The Labute approximate surface area is 208 Å². The van der Waals surface area contributed by atoms with E-state index >= 15 is 0 Å². The third-order valence-corrected chi connectivity index (χ3v) is 7.95. The van der Waals surface area contributed by atoms with Gasteiger partial charge in [0.05, 0.1) is 18.4 Å². The number of nitrogens with one attached hydrogen (secondary N) is 1. The third kappa shape index (κ3) is 5.36. The first-order valence-corrected chi connectivity index (χ1v) is 13.5. The average molecular weight is 554 g/mol. The molecule has 4 rings (SSSR count). The summed E-state index contributed by atoms with van der Waals surface area (Å²) in [7, 11) is 1.38. The van der Waals surface area contributed by atoms with Crippen LogP contribution in [0.25, 0.3) is 11.6 Å². The molecule has 0 aliphatic heterocycles. The van der Waals surface area contributed by atoms with E-state index in [-0.39, 0.29) is 11.7 Å². The largest absolute Gasteiger partial charge is 0.465 e. The molecule has 0 atom stereocenters. The Bertz CT molecular complexity index is 1150. The summed E-state index contributed by atoms with van der Waals surface area (Å²) in [5.74, 6) is 0.791. The zero-order valence-electron chi connectivity index (χ0n) is 18.5. The van der Waals surface area contributed by atoms with Crippen LogP contribution in [-0.4, -0.2) is 39.5 Å². The number of carbonyl (C=O) groups excluding carboxylic acids is 2. The maximum Gasteiger partial charge on any atom is 0.341 e. The minimum atomic E-state index is -0.394. The number of aromatic nitrogens is 3. The van der Waals surface area contributed by atoms with Gasteiger partial charge < -0.3 is 14.5 Å². The Morgan fingerprint density at radius 1 is 1.27 bits per heavy atom. The number of esters is 1. The van der Waals surface area contributed by atoms with Crippen LogP contribution in [0, 0.1) is 0 Å². The van der Waals surface area contributed by atoms with Crippen molar-refractivity contribution in [2.24, 2.45) is 0 Å². The predicted molar refractivity (Wildman–Crippen MR) is 132 cm³/mol. The number of halogens is 1. The summed E-state index contributed by atoms with van der Waals surface area (Å²) < 4.78 is 13.2. The lowest BCUT2D eigenvalue weighted by Gasteiger charge is -2.09. The van der Waals surface area contributed by atoms with Crippen molar-refractivity contribution in [2.75, 3.05) is 18.2 Å². The second-order valence-corrected chi connectivity index (χ2v) is 10.5. The van der Waals surface area contributed by atoms with E-state index in [1.54, 1.807) is 0 Å². The first kappa shape index (κ1) is 24.0. The van der Waals surface area contributed by atoms with Gasteiger partial charge in [-0.1, -0.05) is 25.1 Å². The first-order valence-electron chi connectivity index (χ1n) is 10.9. The maximum absolute atomic E-state index is 12.8. The summed E-state index contributed by atoms with van der Waals surface area (Å²) in [6.07, 6.45) is 5.94. The van der Waals surface area contributed by atoms with Crippen LogP contribution in [0.3, 0.4) is 0 Å². The molecule has 0 saturated carbocycles. The number of thiophene rings is 1. The molecule has 0 saturated heterocycles. The number of hydrogen-bond acceptors (Lipinski definition) is 8. The normalized spacial score (nSPS) is 13.4. The number of ether oxygens (including phenoxy) is 1. The van der Waals surface area contributed by atoms with Crippen molar-refractivity contribution in [3.05, 3.63) is 32.8 Å². The molecule has 176 valence electrons. The molecule has 1 amide bonds. The van der Waals surface area contributed by atoms with Gasteiger partial charge in [0, 0.05) is 11.4 Å². The molecule has 1 aliphatic rings. The van der Waals surface area contributed by atoms with Crippen molar-refractivity contribution in [1.82, 2.24) is 14.8 Å². The molecule has 0 fully saturated rings. The molecule has 3 heterocycles. The molecule has 0 unspecified atom stereocenters. The van der Waals surface area contributed by atoms with Crippen molar-refractivity contribution in [3.63, 3.8) is 0 Å². The molecule has 0 radical (unpaired) electrons. The molecular formula is C22H25BrN4O4S2. The highest BCUT2D eigenvalue weighted by Crippen LogP contribution is 2.38. The highest BCUT2D eigenvalue weighted by Gasteiger charge is 2.26. The number of aryl methyl sites for hydroxylation is 1. The van der Waals surface area contributed by atoms with Crippen LogP contribution >= 0.6 is 39.0 Å². The summed E-state index contributed by atoms with van der Waals surface area (Å²) >= 11 is 6.11. The molecule has 33 heavy (non-hydrogen) atoms. The summed E-state index contributed by atoms with van der Waals surface area (Å²) in [6.45, 7) is 2.77. The first-order chi connectivity index (χ1) is 16.0. The number of furan rings is 1. The Hall–Kier alpha value is -2.11. The molecule has 1 N–H and O–H groups in total. The lowest BCUT2D eigenvalue weighted by molar-refractivity contribution is -0.113. The average Bonchev–Trinajstić information content (AvgIpc) is 3.45. The zero-order chi connectivity index (χ0) is 23.4. The Balaban J connectivity index is 1.49. The van der Waals surface area contributed by atoms with Gasteiger partial charge in [-0.15, -0.1) is 21.5 Å². The summed E-state index contributed by atoms with van der Waals surface area (Å²) in [5.41, 5.74) is 1.54. The van der Waals surface area contributed by atoms with Gasteiger partial charge in [0.25, 0.3) is 0 Å². The van der Waals surface area contributed by atoms with Gasteiger partial charge in [-0.3, -0.25) is 9.36 Å². The van der Waals surface area contributed by atoms with Crippen molar-refractivity contribution < 1.29 is 18.7 Å². The Morgan fingerprint density at radius 3 is 2.82 bits per heavy atom. The van der Waals surface area contributed by atoms with Gasteiger partial charge in [-0.2, -0.15) is 0 Å². The van der Waals surface area contributed by atoms with E-state index in [1.165, 1.54) is 35.1 Å². The van der Waals surface area contributed by atoms with Crippen molar-refractivity contribution in [2.45, 2.75) is 57.1 Å². The van der Waals surface area contributed by atoms with Crippen LogP contribution in [-0.2, 0) is 28.9 Å². The number of thioether (sulfide) groups is 1. The lowest BCUT2D eigenvalue weighted by Crippen LogP contribution is -2.16. The second kappa shape index (κ2) is 10.9. The third-order valence-electron chi connectivity index (χ3n) is 5.35. The monoisotopic (exact) mass is 552 g/mol. The van der Waals surface area contributed by atoms with E-state index in [1.807, 2.05) is 16.7 Å². The van der Waals surface area contributed by atoms with Crippen LogP contribution in [0.5, 0.6) is 0 Å². The van der Waals surface area contributed by atoms with Crippen molar-refractivity contribution in [1.29, 1.82) is 0 Å². The van der Waals surface area contributed by atoms with Crippen molar-refractivity contribution >= 4 is 55.9 Å². The van der Waals surface area contributed by atoms with Gasteiger partial charge in [-0.25, -0.2) is 4.79 Å². The number of amides is 1. The fourth-order valence-electron chi connectivity index (χ4n) is 3.88. The minimum Gasteiger partial charge on any atom is -0.465 e. The number of fused-ring (bicyclic) bond motifs is 1. The lowest BCUT2D eigenvalue weighted by atomic mass is 10.1. The minimum absolute atomic E-state index is 0.146. The van der Waals surface area contributed by atoms with Gasteiger partial charge in [0.1, 0.15) is 5.00 Å². The van der Waals surface area contributed by atoms with Gasteiger partial charge in [0.15, 0.2) is 15.6 Å².